The lowest BCUT2D eigenvalue weighted by molar-refractivity contribution is 0.0549. The van der Waals surface area contributed by atoms with Gasteiger partial charge in [0.2, 0.25) is 0 Å². The van der Waals surface area contributed by atoms with Crippen molar-refractivity contribution in [1.29, 1.82) is 0 Å². The number of carbonyl (C=O) groups is 3. The van der Waals surface area contributed by atoms with Gasteiger partial charge in [0.05, 0.1) is 32.6 Å². The lowest BCUT2D eigenvalue weighted by Gasteiger charge is -2.11. The molecule has 4 aromatic rings. The first-order valence-electron chi connectivity index (χ1n) is 10.8. The number of benzene rings is 3. The monoisotopic (exact) mass is 486 g/mol. The molecule has 0 unspecified atom stereocenters. The summed E-state index contributed by atoms with van der Waals surface area (Å²) in [5, 5.41) is 4.55. The molecule has 0 spiro atoms. The van der Waals surface area contributed by atoms with Crippen LogP contribution in [0.5, 0.6) is 11.5 Å². The first-order chi connectivity index (χ1) is 17.5. The fourth-order valence-corrected chi connectivity index (χ4v) is 3.59. The fraction of sp³-hybridized carbons (Fsp3) is 0.111. The van der Waals surface area contributed by atoms with Gasteiger partial charge in [-0.3, -0.25) is 0 Å². The highest BCUT2D eigenvalue weighted by Crippen LogP contribution is 2.36. The van der Waals surface area contributed by atoms with E-state index in [2.05, 4.69) is 5.10 Å². The average molecular weight is 486 g/mol. The van der Waals surface area contributed by atoms with Crippen LogP contribution in [-0.2, 0) is 9.47 Å². The Morgan fingerprint density at radius 3 is 1.97 bits per heavy atom. The molecule has 3 aromatic carbocycles. The highest BCUT2D eigenvalue weighted by atomic mass is 16.6. The molecule has 0 saturated carbocycles. The second-order valence-electron chi connectivity index (χ2n) is 7.42. The first-order valence-corrected chi connectivity index (χ1v) is 10.8. The number of hydrogen-bond acceptors (Lipinski definition) is 8. The van der Waals surface area contributed by atoms with Gasteiger partial charge in [-0.15, -0.1) is 0 Å². The molecule has 0 aliphatic rings. The van der Waals surface area contributed by atoms with Crippen LogP contribution < -0.4 is 9.47 Å². The van der Waals surface area contributed by atoms with Crippen LogP contribution in [0.2, 0.25) is 0 Å². The van der Waals surface area contributed by atoms with Crippen LogP contribution in [0.4, 0.5) is 0 Å². The molecule has 0 atom stereocenters. The Balaban J connectivity index is 1.84. The molecule has 9 nitrogen and oxygen atoms in total. The molecule has 0 bridgehead atoms. The van der Waals surface area contributed by atoms with Crippen LogP contribution in [0.15, 0.2) is 78.9 Å². The van der Waals surface area contributed by atoms with Crippen molar-refractivity contribution in [3.63, 3.8) is 0 Å². The third-order valence-electron chi connectivity index (χ3n) is 5.30. The van der Waals surface area contributed by atoms with Crippen molar-refractivity contribution in [3.05, 3.63) is 95.7 Å². The van der Waals surface area contributed by atoms with Gasteiger partial charge < -0.3 is 18.9 Å². The standard InChI is InChI=1S/C27H22N2O7/c1-33-21-16-18(14-15-20(21)36-25(30)17-10-6-4-7-11-17)23-22(26(31)34-2)24(27(32)35-3)29(28-23)19-12-8-5-9-13-19/h4-16H,1-3H3. The van der Waals surface area contributed by atoms with Crippen LogP contribution >= 0.6 is 0 Å². The summed E-state index contributed by atoms with van der Waals surface area (Å²) in [4.78, 5) is 38.1. The van der Waals surface area contributed by atoms with Gasteiger partial charge in [0.15, 0.2) is 17.2 Å². The van der Waals surface area contributed by atoms with Crippen LogP contribution in [0.1, 0.15) is 31.2 Å². The summed E-state index contributed by atoms with van der Waals surface area (Å²) in [6.07, 6.45) is 0. The Hall–Kier alpha value is -4.92. The molecule has 4 rings (SSSR count). The van der Waals surface area contributed by atoms with E-state index in [0.717, 1.165) is 0 Å². The largest absolute Gasteiger partial charge is 0.493 e. The van der Waals surface area contributed by atoms with Crippen molar-refractivity contribution >= 4 is 17.9 Å². The quantitative estimate of drug-likeness (QED) is 0.281. The lowest BCUT2D eigenvalue weighted by atomic mass is 10.0. The van der Waals surface area contributed by atoms with Crippen molar-refractivity contribution in [2.45, 2.75) is 0 Å². The number of para-hydroxylation sites is 1. The van der Waals surface area contributed by atoms with Crippen molar-refractivity contribution in [2.24, 2.45) is 0 Å². The molecule has 1 aromatic heterocycles. The summed E-state index contributed by atoms with van der Waals surface area (Å²) in [5.41, 5.74) is 1.32. The number of hydrogen-bond donors (Lipinski definition) is 0. The maximum atomic E-state index is 12.8. The zero-order valence-electron chi connectivity index (χ0n) is 19.8. The normalized spacial score (nSPS) is 10.4. The van der Waals surface area contributed by atoms with Crippen molar-refractivity contribution in [3.8, 4) is 28.4 Å². The zero-order chi connectivity index (χ0) is 25.7. The van der Waals surface area contributed by atoms with E-state index in [1.54, 1.807) is 66.7 Å². The van der Waals surface area contributed by atoms with Gasteiger partial charge in [0.1, 0.15) is 11.3 Å². The van der Waals surface area contributed by atoms with E-state index in [0.29, 0.717) is 16.8 Å². The molecule has 1 heterocycles. The number of methoxy groups -OCH3 is 3. The highest BCUT2D eigenvalue weighted by molar-refractivity contribution is 6.07. The Kier molecular flexibility index (Phi) is 7.10. The van der Waals surface area contributed by atoms with E-state index in [1.807, 2.05) is 6.07 Å². The van der Waals surface area contributed by atoms with Gasteiger partial charge in [0, 0.05) is 5.56 Å². The van der Waals surface area contributed by atoms with Crippen molar-refractivity contribution in [1.82, 2.24) is 9.78 Å². The molecule has 0 saturated heterocycles. The van der Waals surface area contributed by atoms with Crippen LogP contribution in [0.3, 0.4) is 0 Å². The van der Waals surface area contributed by atoms with Gasteiger partial charge in [-0.1, -0.05) is 36.4 Å². The summed E-state index contributed by atoms with van der Waals surface area (Å²) < 4.78 is 22.2. The minimum absolute atomic E-state index is 0.0794. The average Bonchev–Trinajstić information content (AvgIpc) is 3.34. The number of ether oxygens (including phenoxy) is 4. The smallest absolute Gasteiger partial charge is 0.357 e. The lowest BCUT2D eigenvalue weighted by Crippen LogP contribution is -2.15. The Morgan fingerprint density at radius 2 is 1.36 bits per heavy atom. The predicted molar refractivity (Wildman–Crippen MR) is 130 cm³/mol. The summed E-state index contributed by atoms with van der Waals surface area (Å²) in [6, 6.07) is 22.0. The third kappa shape index (κ3) is 4.67. The molecule has 36 heavy (non-hydrogen) atoms. The molecule has 0 radical (unpaired) electrons. The topological polar surface area (TPSA) is 106 Å². The van der Waals surface area contributed by atoms with Gasteiger partial charge >= 0.3 is 17.9 Å². The minimum Gasteiger partial charge on any atom is -0.493 e. The molecule has 9 heteroatoms. The molecular weight excluding hydrogens is 464 g/mol. The molecule has 0 N–H and O–H groups in total. The van der Waals surface area contributed by atoms with Crippen LogP contribution in [-0.4, -0.2) is 49.0 Å². The predicted octanol–water partition coefficient (Wildman–Crippen LogP) is 4.34. The molecule has 0 amide bonds. The molecular formula is C27H22N2O7. The highest BCUT2D eigenvalue weighted by Gasteiger charge is 2.31. The van der Waals surface area contributed by atoms with E-state index in [4.69, 9.17) is 18.9 Å². The van der Waals surface area contributed by atoms with Crippen LogP contribution in [0.25, 0.3) is 16.9 Å². The molecule has 182 valence electrons. The number of nitrogens with zero attached hydrogens (tertiary/aromatic N) is 2. The number of esters is 3. The van der Waals surface area contributed by atoms with E-state index in [1.165, 1.54) is 32.1 Å². The van der Waals surface area contributed by atoms with Crippen molar-refractivity contribution in [2.75, 3.05) is 21.3 Å². The Labute approximate surface area is 206 Å². The Bertz CT molecular complexity index is 1410. The summed E-state index contributed by atoms with van der Waals surface area (Å²) in [7, 11) is 3.84. The van der Waals surface area contributed by atoms with E-state index in [9.17, 15) is 14.4 Å². The van der Waals surface area contributed by atoms with E-state index >= 15 is 0 Å². The third-order valence-corrected chi connectivity index (χ3v) is 5.30. The maximum Gasteiger partial charge on any atom is 0.357 e. The fourth-order valence-electron chi connectivity index (χ4n) is 3.59. The number of aromatic nitrogens is 2. The van der Waals surface area contributed by atoms with Gasteiger partial charge in [-0.05, 0) is 42.5 Å². The summed E-state index contributed by atoms with van der Waals surface area (Å²) >= 11 is 0. The van der Waals surface area contributed by atoms with Gasteiger partial charge in [-0.2, -0.15) is 5.10 Å². The molecule has 0 fully saturated rings. The maximum absolute atomic E-state index is 12.8. The second kappa shape index (κ2) is 10.6. The van der Waals surface area contributed by atoms with Gasteiger partial charge in [0.25, 0.3) is 0 Å². The summed E-state index contributed by atoms with van der Waals surface area (Å²) in [6.45, 7) is 0. The second-order valence-corrected chi connectivity index (χ2v) is 7.42. The summed E-state index contributed by atoms with van der Waals surface area (Å²) in [5.74, 6) is -1.70. The van der Waals surface area contributed by atoms with Crippen LogP contribution in [0, 0.1) is 0 Å². The number of carbonyl (C=O) groups excluding carboxylic acids is 3. The first kappa shape index (κ1) is 24.2. The van der Waals surface area contributed by atoms with Crippen molar-refractivity contribution < 1.29 is 33.3 Å². The minimum atomic E-state index is -0.772. The van der Waals surface area contributed by atoms with E-state index in [-0.39, 0.29) is 28.5 Å². The molecule has 0 aliphatic carbocycles. The van der Waals surface area contributed by atoms with E-state index < -0.39 is 17.9 Å². The van der Waals surface area contributed by atoms with Gasteiger partial charge in [-0.25, -0.2) is 19.1 Å². The zero-order valence-corrected chi connectivity index (χ0v) is 19.8. The number of rotatable bonds is 7. The Morgan fingerprint density at radius 1 is 0.722 bits per heavy atom. The SMILES string of the molecule is COC(=O)c1c(-c2ccc(OC(=O)c3ccccc3)c(OC)c2)nn(-c2ccccc2)c1C(=O)OC. The molecule has 0 aliphatic heterocycles.